The van der Waals surface area contributed by atoms with E-state index in [0.717, 1.165) is 33.1 Å². The van der Waals surface area contributed by atoms with Crippen LogP contribution in [0.25, 0.3) is 17.0 Å². The van der Waals surface area contributed by atoms with Crippen LogP contribution in [0.5, 0.6) is 0 Å². The van der Waals surface area contributed by atoms with E-state index < -0.39 is 17.0 Å². The van der Waals surface area contributed by atoms with Crippen LogP contribution in [0.15, 0.2) is 77.8 Å². The topological polar surface area (TPSA) is 59.4 Å². The quantitative estimate of drug-likeness (QED) is 0.210. The molecule has 180 valence electrons. The molecule has 1 aromatic heterocycles. The minimum Gasteiger partial charge on any atom is -0.342 e. The van der Waals surface area contributed by atoms with Crippen LogP contribution >= 0.6 is 23.4 Å². The van der Waals surface area contributed by atoms with E-state index in [1.165, 1.54) is 6.07 Å². The molecule has 4 aromatic rings. The Bertz CT molecular complexity index is 1540. The van der Waals surface area contributed by atoms with Crippen molar-refractivity contribution in [2.24, 2.45) is 0 Å². The second kappa shape index (κ2) is 9.76. The van der Waals surface area contributed by atoms with E-state index in [9.17, 15) is 18.8 Å². The summed E-state index contributed by atoms with van der Waals surface area (Å²) in [5.74, 6) is -1.22. The molecule has 3 aromatic carbocycles. The summed E-state index contributed by atoms with van der Waals surface area (Å²) in [5.41, 5.74) is 3.35. The van der Waals surface area contributed by atoms with Crippen LogP contribution in [0.3, 0.4) is 0 Å². The van der Waals surface area contributed by atoms with E-state index >= 15 is 0 Å². The number of carbonyl (C=O) groups is 3. The van der Waals surface area contributed by atoms with Crippen LogP contribution in [-0.4, -0.2) is 32.9 Å². The second-order valence-electron chi connectivity index (χ2n) is 8.49. The number of nitrogens with zero attached hydrogens (tertiary/aromatic N) is 2. The molecule has 2 heterocycles. The predicted molar refractivity (Wildman–Crippen MR) is 141 cm³/mol. The van der Waals surface area contributed by atoms with Crippen molar-refractivity contribution < 1.29 is 18.8 Å². The first kappa shape index (κ1) is 24.0. The van der Waals surface area contributed by atoms with Crippen LogP contribution in [0.4, 0.5) is 9.18 Å². The summed E-state index contributed by atoms with van der Waals surface area (Å²) in [4.78, 5) is 39.5. The maximum Gasteiger partial charge on any atom is 0.293 e. The van der Waals surface area contributed by atoms with E-state index in [-0.39, 0.29) is 23.8 Å². The molecule has 0 atom stereocenters. The molecule has 0 radical (unpaired) electrons. The Kier molecular flexibility index (Phi) is 6.51. The molecule has 0 N–H and O–H groups in total. The standard InChI is InChI=1S/C28H20ClFN2O3S/c1-17-9-11-18(12-10-17)25(33)16-32-27(34)26(36-28(32)35)13-19-14-31(24-8-3-2-5-20(19)24)15-21-22(29)6-4-7-23(21)30/h2-14H,15-16H2,1H3/b26-13-. The molecule has 5 rings (SSSR count). The first-order chi connectivity index (χ1) is 17.3. The lowest BCUT2D eigenvalue weighted by Crippen LogP contribution is -2.33. The van der Waals surface area contributed by atoms with Crippen LogP contribution in [0.2, 0.25) is 5.02 Å². The summed E-state index contributed by atoms with van der Waals surface area (Å²) < 4.78 is 16.3. The van der Waals surface area contributed by atoms with E-state index in [1.54, 1.807) is 36.5 Å². The van der Waals surface area contributed by atoms with Gasteiger partial charge in [-0.2, -0.15) is 0 Å². The van der Waals surface area contributed by atoms with E-state index in [2.05, 4.69) is 0 Å². The van der Waals surface area contributed by atoms with Gasteiger partial charge < -0.3 is 4.57 Å². The molecular formula is C28H20ClFN2O3S. The van der Waals surface area contributed by atoms with Gasteiger partial charge in [0, 0.05) is 38.8 Å². The highest BCUT2D eigenvalue weighted by molar-refractivity contribution is 8.18. The summed E-state index contributed by atoms with van der Waals surface area (Å²) >= 11 is 7.03. The predicted octanol–water partition coefficient (Wildman–Crippen LogP) is 6.71. The molecule has 36 heavy (non-hydrogen) atoms. The number of imide groups is 1. The second-order valence-corrected chi connectivity index (χ2v) is 9.89. The number of halogens is 2. The molecule has 0 aliphatic carbocycles. The molecule has 1 saturated heterocycles. The molecule has 1 fully saturated rings. The fourth-order valence-electron chi connectivity index (χ4n) is 4.13. The Morgan fingerprint density at radius 1 is 1.03 bits per heavy atom. The number of hydrogen-bond donors (Lipinski definition) is 0. The highest BCUT2D eigenvalue weighted by Crippen LogP contribution is 2.34. The Morgan fingerprint density at radius 3 is 2.53 bits per heavy atom. The number of rotatable bonds is 6. The smallest absolute Gasteiger partial charge is 0.293 e. The minimum atomic E-state index is -0.514. The fraction of sp³-hybridized carbons (Fsp3) is 0.107. The van der Waals surface area contributed by atoms with E-state index in [0.29, 0.717) is 21.7 Å². The van der Waals surface area contributed by atoms with Crippen molar-refractivity contribution in [3.05, 3.63) is 111 Å². The van der Waals surface area contributed by atoms with Crippen molar-refractivity contribution in [2.45, 2.75) is 13.5 Å². The number of ketones is 1. The van der Waals surface area contributed by atoms with Crippen molar-refractivity contribution >= 4 is 57.3 Å². The molecule has 1 aliphatic heterocycles. The zero-order valence-electron chi connectivity index (χ0n) is 19.2. The number of aromatic nitrogens is 1. The lowest BCUT2D eigenvalue weighted by molar-refractivity contribution is -0.122. The maximum absolute atomic E-state index is 14.4. The summed E-state index contributed by atoms with van der Waals surface area (Å²) in [7, 11) is 0. The first-order valence-electron chi connectivity index (χ1n) is 11.2. The van der Waals surface area contributed by atoms with Crippen molar-refractivity contribution in [1.29, 1.82) is 0 Å². The van der Waals surface area contributed by atoms with Gasteiger partial charge in [-0.15, -0.1) is 0 Å². The van der Waals surface area contributed by atoms with Gasteiger partial charge in [0.1, 0.15) is 5.82 Å². The third kappa shape index (κ3) is 4.59. The highest BCUT2D eigenvalue weighted by atomic mass is 35.5. The van der Waals surface area contributed by atoms with E-state index in [4.69, 9.17) is 11.6 Å². The van der Waals surface area contributed by atoms with Gasteiger partial charge in [-0.05, 0) is 43.0 Å². The largest absolute Gasteiger partial charge is 0.342 e. The monoisotopic (exact) mass is 518 g/mol. The summed E-state index contributed by atoms with van der Waals surface area (Å²) in [6, 6.07) is 19.1. The number of para-hydroxylation sites is 1. The van der Waals surface area contributed by atoms with Crippen molar-refractivity contribution in [2.75, 3.05) is 6.54 Å². The average molecular weight is 519 g/mol. The number of fused-ring (bicyclic) bond motifs is 1. The Labute approximate surface area is 216 Å². The van der Waals surface area contributed by atoms with E-state index in [1.807, 2.05) is 47.9 Å². The third-order valence-corrected chi connectivity index (χ3v) is 7.31. The van der Waals surface area contributed by atoms with Crippen molar-refractivity contribution in [3.63, 3.8) is 0 Å². The lowest BCUT2D eigenvalue weighted by Gasteiger charge is -2.11. The Hall–Kier alpha value is -3.68. The Balaban J connectivity index is 1.44. The minimum absolute atomic E-state index is 0.201. The van der Waals surface area contributed by atoms with Crippen LogP contribution in [0, 0.1) is 12.7 Å². The van der Waals surface area contributed by atoms with Gasteiger partial charge in [0.2, 0.25) is 0 Å². The maximum atomic E-state index is 14.4. The molecule has 1 aliphatic rings. The average Bonchev–Trinajstić information content (AvgIpc) is 3.34. The number of Topliss-reactive ketones (excluding diaryl/α,β-unsaturated/α-hetero) is 1. The number of hydrogen-bond acceptors (Lipinski definition) is 4. The van der Waals surface area contributed by atoms with Crippen LogP contribution < -0.4 is 0 Å². The number of carbonyl (C=O) groups excluding carboxylic acids is 3. The van der Waals surface area contributed by atoms with Crippen LogP contribution in [0.1, 0.15) is 27.0 Å². The van der Waals surface area contributed by atoms with Gasteiger partial charge in [0.05, 0.1) is 18.0 Å². The van der Waals surface area contributed by atoms with Gasteiger partial charge in [-0.1, -0.05) is 65.7 Å². The molecule has 5 nitrogen and oxygen atoms in total. The highest BCUT2D eigenvalue weighted by Gasteiger charge is 2.36. The van der Waals surface area contributed by atoms with Gasteiger partial charge >= 0.3 is 0 Å². The van der Waals surface area contributed by atoms with Gasteiger partial charge in [-0.25, -0.2) is 4.39 Å². The summed E-state index contributed by atoms with van der Waals surface area (Å²) in [6.07, 6.45) is 3.45. The number of thioether (sulfide) groups is 1. The summed E-state index contributed by atoms with van der Waals surface area (Å²) in [5, 5.41) is 0.676. The molecular weight excluding hydrogens is 499 g/mol. The molecule has 0 bridgehead atoms. The number of aryl methyl sites for hydroxylation is 1. The van der Waals surface area contributed by atoms with Crippen molar-refractivity contribution in [1.82, 2.24) is 9.47 Å². The molecule has 0 spiro atoms. The molecule has 8 heteroatoms. The fourth-order valence-corrected chi connectivity index (χ4v) is 5.18. The number of benzene rings is 3. The molecule has 0 unspecified atom stereocenters. The molecule has 2 amide bonds. The third-order valence-electron chi connectivity index (χ3n) is 6.05. The van der Waals surface area contributed by atoms with Gasteiger partial charge in [-0.3, -0.25) is 19.3 Å². The zero-order chi connectivity index (χ0) is 25.4. The van der Waals surface area contributed by atoms with Crippen molar-refractivity contribution in [3.8, 4) is 0 Å². The SMILES string of the molecule is Cc1ccc(C(=O)CN2C(=O)S/C(=C\c3cn(Cc4c(F)cccc4Cl)c4ccccc34)C2=O)cc1. The Morgan fingerprint density at radius 2 is 1.78 bits per heavy atom. The number of amides is 2. The van der Waals surface area contributed by atoms with Gasteiger partial charge in [0.25, 0.3) is 11.1 Å². The van der Waals surface area contributed by atoms with Gasteiger partial charge in [0.15, 0.2) is 5.78 Å². The molecule has 0 saturated carbocycles. The summed E-state index contributed by atoms with van der Waals surface area (Å²) in [6.45, 7) is 1.79. The van der Waals surface area contributed by atoms with Crippen LogP contribution in [-0.2, 0) is 11.3 Å². The normalized spacial score (nSPS) is 14.9. The first-order valence-corrected chi connectivity index (χ1v) is 12.4. The zero-order valence-corrected chi connectivity index (χ0v) is 20.8. The lowest BCUT2D eigenvalue weighted by atomic mass is 10.1.